The minimum Gasteiger partial charge on any atom is -0.481 e. The highest BCUT2D eigenvalue weighted by Gasteiger charge is 2.24. The van der Waals surface area contributed by atoms with Crippen LogP contribution in [0.3, 0.4) is 0 Å². The van der Waals surface area contributed by atoms with Crippen LogP contribution in [-0.4, -0.2) is 22.8 Å². The third kappa shape index (κ3) is 5.99. The molecule has 0 heterocycles. The van der Waals surface area contributed by atoms with Crippen molar-refractivity contribution >= 4 is 23.7 Å². The van der Waals surface area contributed by atoms with Crippen molar-refractivity contribution in [1.29, 1.82) is 0 Å². The van der Waals surface area contributed by atoms with Crippen molar-refractivity contribution in [3.63, 3.8) is 0 Å². The number of ether oxygens (including phenoxy) is 1. The Bertz CT molecular complexity index is 542. The molecule has 0 bridgehead atoms. The van der Waals surface area contributed by atoms with Gasteiger partial charge in [-0.25, -0.2) is 9.18 Å². The molecule has 2 N–H and O–H groups in total. The summed E-state index contributed by atoms with van der Waals surface area (Å²) in [5.74, 6) is -1.84. The summed E-state index contributed by atoms with van der Waals surface area (Å²) in [4.78, 5) is 22.6. The number of carboxylic acids is 1. The van der Waals surface area contributed by atoms with E-state index in [0.29, 0.717) is 0 Å². The fourth-order valence-corrected chi connectivity index (χ4v) is 1.83. The van der Waals surface area contributed by atoms with Gasteiger partial charge in [0.2, 0.25) is 0 Å². The minimum atomic E-state index is -1.18. The van der Waals surface area contributed by atoms with E-state index in [9.17, 15) is 14.0 Å². The van der Waals surface area contributed by atoms with Crippen molar-refractivity contribution in [2.45, 2.75) is 38.8 Å². The first-order valence-electron chi connectivity index (χ1n) is 6.25. The fourth-order valence-electron chi connectivity index (χ4n) is 1.64. The Kier molecular flexibility index (Phi) is 5.54. The zero-order valence-electron chi connectivity index (χ0n) is 11.9. The zero-order valence-corrected chi connectivity index (χ0v) is 12.7. The van der Waals surface area contributed by atoms with Gasteiger partial charge in [0.15, 0.2) is 0 Å². The molecule has 1 unspecified atom stereocenters. The lowest BCUT2D eigenvalue weighted by Crippen LogP contribution is -2.36. The normalized spacial score (nSPS) is 12.6. The van der Waals surface area contributed by atoms with E-state index < -0.39 is 35.9 Å². The van der Waals surface area contributed by atoms with Gasteiger partial charge in [-0.05, 0) is 39.0 Å². The molecule has 7 heteroatoms. The number of carbonyl (C=O) groups is 2. The number of hydrogen-bond donors (Lipinski definition) is 2. The van der Waals surface area contributed by atoms with Crippen LogP contribution in [0.2, 0.25) is 5.02 Å². The van der Waals surface area contributed by atoms with E-state index >= 15 is 0 Å². The number of benzene rings is 1. The molecule has 0 fully saturated rings. The quantitative estimate of drug-likeness (QED) is 0.891. The largest absolute Gasteiger partial charge is 0.481 e. The standard InChI is InChI=1S/C14H17ClFNO4/c1-14(2,3)21-13(20)17-11(7-12(18)19)9-6-8(15)4-5-10(9)16/h4-6,11H,7H2,1-3H3,(H,17,20)(H,18,19). The Morgan fingerprint density at radius 3 is 2.57 bits per heavy atom. The molecule has 1 atom stereocenters. The van der Waals surface area contributed by atoms with Crippen LogP contribution >= 0.6 is 11.6 Å². The first kappa shape index (κ1) is 17.2. The summed E-state index contributed by atoms with van der Waals surface area (Å²) in [6.45, 7) is 5.00. The first-order chi connectivity index (χ1) is 9.58. The van der Waals surface area contributed by atoms with Crippen LogP contribution in [0.1, 0.15) is 38.8 Å². The molecule has 0 aliphatic heterocycles. The molecule has 0 aliphatic rings. The van der Waals surface area contributed by atoms with Crippen LogP contribution in [0.25, 0.3) is 0 Å². The predicted octanol–water partition coefficient (Wildman–Crippen LogP) is 3.52. The molecular weight excluding hydrogens is 301 g/mol. The van der Waals surface area contributed by atoms with E-state index in [1.54, 1.807) is 20.8 Å². The molecule has 5 nitrogen and oxygen atoms in total. The maximum atomic E-state index is 13.8. The fraction of sp³-hybridized carbons (Fsp3) is 0.429. The highest BCUT2D eigenvalue weighted by Crippen LogP contribution is 2.24. The number of aliphatic carboxylic acids is 1. The molecule has 21 heavy (non-hydrogen) atoms. The van der Waals surface area contributed by atoms with Crippen LogP contribution in [0.15, 0.2) is 18.2 Å². The Labute approximate surface area is 127 Å². The second kappa shape index (κ2) is 6.76. The van der Waals surface area contributed by atoms with Crippen molar-refractivity contribution in [3.05, 3.63) is 34.6 Å². The van der Waals surface area contributed by atoms with Gasteiger partial charge in [-0.15, -0.1) is 0 Å². The Morgan fingerprint density at radius 1 is 1.43 bits per heavy atom. The number of nitrogens with one attached hydrogen (secondary N) is 1. The van der Waals surface area contributed by atoms with Gasteiger partial charge in [-0.3, -0.25) is 4.79 Å². The monoisotopic (exact) mass is 317 g/mol. The predicted molar refractivity (Wildman–Crippen MR) is 75.8 cm³/mol. The zero-order chi connectivity index (χ0) is 16.2. The second-order valence-electron chi connectivity index (χ2n) is 5.46. The number of hydrogen-bond acceptors (Lipinski definition) is 3. The number of carbonyl (C=O) groups excluding carboxylic acids is 1. The van der Waals surface area contributed by atoms with Crippen molar-refractivity contribution in [1.82, 2.24) is 5.32 Å². The minimum absolute atomic E-state index is 0.00393. The summed E-state index contributed by atoms with van der Waals surface area (Å²) >= 11 is 5.78. The van der Waals surface area contributed by atoms with Gasteiger partial charge in [0.1, 0.15) is 11.4 Å². The maximum Gasteiger partial charge on any atom is 0.408 e. The van der Waals surface area contributed by atoms with E-state index in [1.807, 2.05) is 0 Å². The van der Waals surface area contributed by atoms with E-state index in [-0.39, 0.29) is 10.6 Å². The number of halogens is 2. The molecule has 0 saturated carbocycles. The van der Waals surface area contributed by atoms with Gasteiger partial charge >= 0.3 is 12.1 Å². The van der Waals surface area contributed by atoms with Crippen molar-refractivity contribution in [2.75, 3.05) is 0 Å². The lowest BCUT2D eigenvalue weighted by atomic mass is 10.0. The summed E-state index contributed by atoms with van der Waals surface area (Å²) in [5.41, 5.74) is -0.749. The van der Waals surface area contributed by atoms with Crippen LogP contribution in [0, 0.1) is 5.82 Å². The van der Waals surface area contributed by atoms with Gasteiger partial charge in [-0.1, -0.05) is 11.6 Å². The molecule has 1 amide bonds. The van der Waals surface area contributed by atoms with Crippen LogP contribution in [0.5, 0.6) is 0 Å². The van der Waals surface area contributed by atoms with E-state index in [2.05, 4.69) is 5.32 Å². The Balaban J connectivity index is 2.98. The Hall–Kier alpha value is -1.82. The molecule has 1 aromatic rings. The van der Waals surface area contributed by atoms with E-state index in [1.165, 1.54) is 12.1 Å². The summed E-state index contributed by atoms with van der Waals surface area (Å²) in [6.07, 6.45) is -1.32. The molecule has 0 spiro atoms. The third-order valence-electron chi connectivity index (χ3n) is 2.40. The average molecular weight is 318 g/mol. The van der Waals surface area contributed by atoms with Crippen molar-refractivity contribution in [3.8, 4) is 0 Å². The smallest absolute Gasteiger partial charge is 0.408 e. The highest BCUT2D eigenvalue weighted by atomic mass is 35.5. The Morgan fingerprint density at radius 2 is 2.05 bits per heavy atom. The van der Waals surface area contributed by atoms with Crippen LogP contribution < -0.4 is 5.32 Å². The summed E-state index contributed by atoms with van der Waals surface area (Å²) in [6, 6.07) is 2.66. The van der Waals surface area contributed by atoms with Gasteiger partial charge < -0.3 is 15.2 Å². The molecule has 0 saturated heterocycles. The number of alkyl carbamates (subject to hydrolysis) is 1. The number of carboxylic acid groups (broad SMARTS) is 1. The number of rotatable bonds is 4. The molecule has 1 aromatic carbocycles. The molecule has 0 aliphatic carbocycles. The van der Waals surface area contributed by atoms with Crippen LogP contribution in [0.4, 0.5) is 9.18 Å². The number of amides is 1. The van der Waals surface area contributed by atoms with Crippen LogP contribution in [-0.2, 0) is 9.53 Å². The lowest BCUT2D eigenvalue weighted by Gasteiger charge is -2.23. The van der Waals surface area contributed by atoms with Crippen molar-refractivity contribution < 1.29 is 23.8 Å². The molecule has 1 rings (SSSR count). The van der Waals surface area contributed by atoms with E-state index in [0.717, 1.165) is 6.07 Å². The highest BCUT2D eigenvalue weighted by molar-refractivity contribution is 6.30. The average Bonchev–Trinajstić information content (AvgIpc) is 2.28. The van der Waals surface area contributed by atoms with Gasteiger partial charge in [0, 0.05) is 10.6 Å². The van der Waals surface area contributed by atoms with E-state index in [4.69, 9.17) is 21.4 Å². The molecule has 0 radical (unpaired) electrons. The van der Waals surface area contributed by atoms with Gasteiger partial charge in [0.05, 0.1) is 12.5 Å². The molecular formula is C14H17ClFNO4. The third-order valence-corrected chi connectivity index (χ3v) is 2.64. The first-order valence-corrected chi connectivity index (χ1v) is 6.62. The summed E-state index contributed by atoms with van der Waals surface area (Å²) < 4.78 is 18.9. The lowest BCUT2D eigenvalue weighted by molar-refractivity contribution is -0.137. The molecule has 116 valence electrons. The summed E-state index contributed by atoms with van der Waals surface area (Å²) in [7, 11) is 0. The van der Waals surface area contributed by atoms with Gasteiger partial charge in [0.25, 0.3) is 0 Å². The van der Waals surface area contributed by atoms with Crippen molar-refractivity contribution in [2.24, 2.45) is 0 Å². The second-order valence-corrected chi connectivity index (χ2v) is 5.90. The van der Waals surface area contributed by atoms with Gasteiger partial charge in [-0.2, -0.15) is 0 Å². The SMILES string of the molecule is CC(C)(C)OC(=O)NC(CC(=O)O)c1cc(Cl)ccc1F. The molecule has 0 aromatic heterocycles. The summed E-state index contributed by atoms with van der Waals surface area (Å²) in [5, 5.41) is 11.5. The topological polar surface area (TPSA) is 75.6 Å². The maximum absolute atomic E-state index is 13.8.